The second kappa shape index (κ2) is 10.3. The Morgan fingerprint density at radius 1 is 0.340 bits per heavy atom. The van der Waals surface area contributed by atoms with Gasteiger partial charge in [-0.2, -0.15) is 0 Å². The lowest BCUT2D eigenvalue weighted by molar-refractivity contribution is 1.30. The molecule has 2 aliphatic rings. The molecule has 0 bridgehead atoms. The quantitative estimate of drug-likeness (QED) is 0.174. The van der Waals surface area contributed by atoms with Crippen molar-refractivity contribution in [3.05, 3.63) is 152 Å². The minimum absolute atomic E-state index is 1.19. The molecule has 47 heavy (non-hydrogen) atoms. The molecular formula is C44H37NSi2. The first-order chi connectivity index (χ1) is 22.8. The third-order valence-electron chi connectivity index (χ3n) is 10.8. The normalized spacial score (nSPS) is 14.7. The summed E-state index contributed by atoms with van der Waals surface area (Å²) in [6.45, 7) is 10.0. The molecule has 2 heterocycles. The zero-order chi connectivity index (χ0) is 31.9. The van der Waals surface area contributed by atoms with Crippen molar-refractivity contribution in [3.63, 3.8) is 0 Å². The van der Waals surface area contributed by atoms with E-state index in [1.54, 1.807) is 10.4 Å². The van der Waals surface area contributed by atoms with Gasteiger partial charge in [-0.1, -0.05) is 135 Å². The second-order valence-corrected chi connectivity index (χ2v) is 22.9. The van der Waals surface area contributed by atoms with E-state index < -0.39 is 16.1 Å². The summed E-state index contributed by atoms with van der Waals surface area (Å²) in [5, 5.41) is 8.64. The zero-order valence-electron chi connectivity index (χ0n) is 27.4. The van der Waals surface area contributed by atoms with Crippen molar-refractivity contribution in [2.45, 2.75) is 26.2 Å². The smallest absolute Gasteiger partial charge is 0.113 e. The molecule has 0 aliphatic carbocycles. The molecule has 0 amide bonds. The summed E-state index contributed by atoms with van der Waals surface area (Å²) in [5.74, 6) is 0. The zero-order valence-corrected chi connectivity index (χ0v) is 29.4. The first-order valence-electron chi connectivity index (χ1n) is 16.7. The number of hydrogen-bond acceptors (Lipinski definition) is 1. The maximum atomic E-state index is 2.51. The maximum Gasteiger partial charge on any atom is 0.113 e. The summed E-state index contributed by atoms with van der Waals surface area (Å²) in [6.07, 6.45) is 0. The summed E-state index contributed by atoms with van der Waals surface area (Å²) in [7, 11) is -3.69. The maximum absolute atomic E-state index is 2.51. The highest BCUT2D eigenvalue weighted by atomic mass is 28.3. The van der Waals surface area contributed by atoms with Gasteiger partial charge in [0.05, 0.1) is 0 Å². The molecule has 0 saturated carbocycles. The standard InChI is InChI=1S/C44H37NSi2/c1-46(2)41-16-10-8-14-37(41)39-24-22-35(28-43(39)46)45(36-23-25-40-38-15-9-11-17-42(38)47(3,4)44(40)29-36)34-21-20-32-26-31(18-19-33(32)27-34)30-12-6-5-7-13-30/h5-29H,1-4H3. The predicted molar refractivity (Wildman–Crippen MR) is 208 cm³/mol. The van der Waals surface area contributed by atoms with E-state index in [-0.39, 0.29) is 0 Å². The van der Waals surface area contributed by atoms with Crippen LogP contribution in [0.4, 0.5) is 17.1 Å². The largest absolute Gasteiger partial charge is 0.310 e. The molecule has 2 aliphatic heterocycles. The van der Waals surface area contributed by atoms with Crippen LogP contribution in [0.2, 0.25) is 26.2 Å². The summed E-state index contributed by atoms with van der Waals surface area (Å²) in [6, 6.07) is 57.1. The average Bonchev–Trinajstić information content (AvgIpc) is 3.48. The van der Waals surface area contributed by atoms with Crippen LogP contribution in [0.25, 0.3) is 44.2 Å². The SMILES string of the molecule is C[Si]1(C)c2ccccc2-c2ccc(N(c3ccc4c(c3)[Si](C)(C)c3ccccc3-4)c3ccc4cc(-c5ccccc5)ccc4c3)cc21. The Hall–Kier alpha value is -4.97. The topological polar surface area (TPSA) is 3.24 Å². The van der Waals surface area contributed by atoms with Gasteiger partial charge in [0.2, 0.25) is 0 Å². The van der Waals surface area contributed by atoms with Crippen molar-refractivity contribution in [3.8, 4) is 33.4 Å². The molecule has 0 N–H and O–H groups in total. The fraction of sp³-hybridized carbons (Fsp3) is 0.0909. The van der Waals surface area contributed by atoms with Gasteiger partial charge in [0, 0.05) is 17.1 Å². The number of anilines is 3. The van der Waals surface area contributed by atoms with Gasteiger partial charge < -0.3 is 4.90 Å². The van der Waals surface area contributed by atoms with Crippen molar-refractivity contribution < 1.29 is 0 Å². The molecule has 0 radical (unpaired) electrons. The molecule has 7 aromatic carbocycles. The molecule has 3 heteroatoms. The fourth-order valence-corrected chi connectivity index (χ4v) is 14.5. The van der Waals surface area contributed by atoms with Crippen molar-refractivity contribution in [1.82, 2.24) is 0 Å². The molecule has 7 aromatic rings. The van der Waals surface area contributed by atoms with Crippen LogP contribution < -0.4 is 25.6 Å². The van der Waals surface area contributed by atoms with Crippen LogP contribution in [0.15, 0.2) is 152 Å². The highest BCUT2D eigenvalue weighted by Crippen LogP contribution is 2.40. The lowest BCUT2D eigenvalue weighted by Gasteiger charge is -2.29. The van der Waals surface area contributed by atoms with E-state index in [1.165, 1.54) is 71.6 Å². The molecule has 0 fully saturated rings. The van der Waals surface area contributed by atoms with Gasteiger partial charge in [-0.05, 0) is 107 Å². The molecule has 1 nitrogen and oxygen atoms in total. The van der Waals surface area contributed by atoms with E-state index in [1.807, 2.05) is 0 Å². The molecule has 0 unspecified atom stereocenters. The Kier molecular flexibility index (Phi) is 6.18. The van der Waals surface area contributed by atoms with Crippen LogP contribution in [0.3, 0.4) is 0 Å². The molecule has 226 valence electrons. The van der Waals surface area contributed by atoms with E-state index in [0.29, 0.717) is 0 Å². The van der Waals surface area contributed by atoms with E-state index in [4.69, 9.17) is 0 Å². The lowest BCUT2D eigenvalue weighted by atomic mass is 10.0. The van der Waals surface area contributed by atoms with Gasteiger partial charge in [-0.15, -0.1) is 0 Å². The summed E-state index contributed by atoms with van der Waals surface area (Å²) >= 11 is 0. The van der Waals surface area contributed by atoms with E-state index in [9.17, 15) is 0 Å². The fourth-order valence-electron chi connectivity index (χ4n) is 8.29. The summed E-state index contributed by atoms with van der Waals surface area (Å²) < 4.78 is 0. The van der Waals surface area contributed by atoms with Gasteiger partial charge in [-0.25, -0.2) is 0 Å². The Bertz CT molecular complexity index is 2260. The van der Waals surface area contributed by atoms with E-state index in [2.05, 4.69) is 183 Å². The molecule has 0 saturated heterocycles. The number of rotatable bonds is 4. The van der Waals surface area contributed by atoms with Gasteiger partial charge in [-0.3, -0.25) is 0 Å². The number of benzene rings is 7. The average molecular weight is 636 g/mol. The van der Waals surface area contributed by atoms with E-state index >= 15 is 0 Å². The highest BCUT2D eigenvalue weighted by molar-refractivity contribution is 7.04. The summed E-state index contributed by atoms with van der Waals surface area (Å²) in [5.41, 5.74) is 11.8. The minimum Gasteiger partial charge on any atom is -0.310 e. The predicted octanol–water partition coefficient (Wildman–Crippen LogP) is 9.58. The van der Waals surface area contributed by atoms with Crippen LogP contribution in [-0.4, -0.2) is 16.1 Å². The van der Waals surface area contributed by atoms with E-state index in [0.717, 1.165) is 0 Å². The minimum atomic E-state index is -1.85. The first kappa shape index (κ1) is 28.3. The van der Waals surface area contributed by atoms with Gasteiger partial charge in [0.15, 0.2) is 0 Å². The van der Waals surface area contributed by atoms with Crippen molar-refractivity contribution in [2.75, 3.05) is 4.90 Å². The second-order valence-electron chi connectivity index (χ2n) is 14.2. The molecular weight excluding hydrogens is 599 g/mol. The summed E-state index contributed by atoms with van der Waals surface area (Å²) in [4.78, 5) is 2.51. The first-order valence-corrected chi connectivity index (χ1v) is 22.7. The molecule has 0 aromatic heterocycles. The van der Waals surface area contributed by atoms with Crippen LogP contribution >= 0.6 is 0 Å². The van der Waals surface area contributed by atoms with Crippen molar-refractivity contribution in [1.29, 1.82) is 0 Å². The molecule has 0 atom stereocenters. The monoisotopic (exact) mass is 635 g/mol. The molecule has 9 rings (SSSR count). The third-order valence-corrected chi connectivity index (χ3v) is 17.9. The third kappa shape index (κ3) is 4.27. The Morgan fingerprint density at radius 2 is 0.787 bits per heavy atom. The number of fused-ring (bicyclic) bond motifs is 7. The van der Waals surface area contributed by atoms with Gasteiger partial charge in [0.25, 0.3) is 0 Å². The van der Waals surface area contributed by atoms with Crippen molar-refractivity contribution >= 4 is 64.7 Å². The Labute approximate surface area is 279 Å². The van der Waals surface area contributed by atoms with Gasteiger partial charge in [0.1, 0.15) is 16.1 Å². The van der Waals surface area contributed by atoms with Crippen LogP contribution in [0.5, 0.6) is 0 Å². The molecule has 0 spiro atoms. The Balaban J connectivity index is 1.22. The number of hydrogen-bond donors (Lipinski definition) is 0. The lowest BCUT2D eigenvalue weighted by Crippen LogP contribution is -2.49. The van der Waals surface area contributed by atoms with Crippen LogP contribution in [-0.2, 0) is 0 Å². The Morgan fingerprint density at radius 3 is 1.38 bits per heavy atom. The van der Waals surface area contributed by atoms with Crippen molar-refractivity contribution in [2.24, 2.45) is 0 Å². The number of nitrogens with zero attached hydrogens (tertiary/aromatic N) is 1. The van der Waals surface area contributed by atoms with Crippen LogP contribution in [0, 0.1) is 0 Å². The highest BCUT2D eigenvalue weighted by Gasteiger charge is 2.39. The van der Waals surface area contributed by atoms with Crippen LogP contribution in [0.1, 0.15) is 0 Å². The van der Waals surface area contributed by atoms with Gasteiger partial charge >= 0.3 is 0 Å².